The summed E-state index contributed by atoms with van der Waals surface area (Å²) in [6.45, 7) is 8.32. The van der Waals surface area contributed by atoms with Crippen LogP contribution in [0.15, 0.2) is 97.1 Å². The van der Waals surface area contributed by atoms with E-state index in [1.807, 2.05) is 13.8 Å². The van der Waals surface area contributed by atoms with Crippen molar-refractivity contribution in [3.63, 3.8) is 0 Å². The third-order valence-corrected chi connectivity index (χ3v) is 6.17. The first-order chi connectivity index (χ1) is 15.6. The summed E-state index contributed by atoms with van der Waals surface area (Å²) in [4.78, 5) is 2.35. The van der Waals surface area contributed by atoms with Gasteiger partial charge in [0.25, 0.3) is 0 Å². The van der Waals surface area contributed by atoms with Crippen LogP contribution in [-0.4, -0.2) is 0 Å². The summed E-state index contributed by atoms with van der Waals surface area (Å²) in [7, 11) is 0. The smallest absolute Gasteiger partial charge is 0.0540 e. The molecule has 0 bridgehead atoms. The van der Waals surface area contributed by atoms with Gasteiger partial charge in [-0.25, -0.2) is 0 Å². The molecule has 0 heterocycles. The molecule has 32 heavy (non-hydrogen) atoms. The standard InChI is InChI=1S/C28H22BrN.C2H6/c1-19-13-16-25-26(18-15-21-14-17-24(20(2)29)27(19)28(21)25)30(22-9-5-3-6-10-22)23-11-7-4-8-12-23;1-2/h3-18H,1-2H3;1-2H3/b24-20+;. The summed E-state index contributed by atoms with van der Waals surface area (Å²) >= 11 is 3.73. The second-order valence-electron chi connectivity index (χ2n) is 7.64. The van der Waals surface area contributed by atoms with Gasteiger partial charge in [-0.15, -0.1) is 0 Å². The Labute approximate surface area is 199 Å². The Morgan fingerprint density at radius 3 is 1.78 bits per heavy atom. The zero-order valence-corrected chi connectivity index (χ0v) is 20.6. The first kappa shape index (κ1) is 22.1. The van der Waals surface area contributed by atoms with Crippen molar-refractivity contribution in [2.24, 2.45) is 0 Å². The average Bonchev–Trinajstić information content (AvgIpc) is 2.84. The van der Waals surface area contributed by atoms with Gasteiger partial charge in [0.2, 0.25) is 0 Å². The van der Waals surface area contributed by atoms with Crippen molar-refractivity contribution in [1.29, 1.82) is 0 Å². The van der Waals surface area contributed by atoms with Gasteiger partial charge in [-0.05, 0) is 75.6 Å². The molecular weight excluding hydrogens is 454 g/mol. The lowest BCUT2D eigenvalue weighted by atomic mass is 9.94. The van der Waals surface area contributed by atoms with Crippen LogP contribution < -0.4 is 10.1 Å². The molecule has 0 radical (unpaired) electrons. The van der Waals surface area contributed by atoms with Crippen molar-refractivity contribution in [1.82, 2.24) is 0 Å². The van der Waals surface area contributed by atoms with Gasteiger partial charge in [0.15, 0.2) is 0 Å². The van der Waals surface area contributed by atoms with Gasteiger partial charge >= 0.3 is 0 Å². The van der Waals surface area contributed by atoms with Crippen molar-refractivity contribution < 1.29 is 0 Å². The molecule has 0 fully saturated rings. The first-order valence-electron chi connectivity index (χ1n) is 11.2. The summed E-state index contributed by atoms with van der Waals surface area (Å²) in [5.74, 6) is 0. The van der Waals surface area contributed by atoms with E-state index < -0.39 is 0 Å². The van der Waals surface area contributed by atoms with Gasteiger partial charge in [-0.3, -0.25) is 0 Å². The van der Waals surface area contributed by atoms with Crippen molar-refractivity contribution in [3.8, 4) is 0 Å². The number of nitrogens with zero attached hydrogens (tertiary/aromatic N) is 1. The fraction of sp³-hybridized carbons (Fsp3) is 0.133. The van der Waals surface area contributed by atoms with Crippen molar-refractivity contribution in [2.75, 3.05) is 4.90 Å². The molecule has 0 aliphatic rings. The minimum absolute atomic E-state index is 1.15. The average molecular weight is 482 g/mol. The lowest BCUT2D eigenvalue weighted by Gasteiger charge is -2.27. The number of aryl methyl sites for hydroxylation is 1. The molecule has 5 aromatic rings. The Kier molecular flexibility index (Phi) is 6.62. The number of rotatable bonds is 3. The first-order valence-corrected chi connectivity index (χ1v) is 12.0. The molecule has 0 N–H and O–H groups in total. The maximum absolute atomic E-state index is 3.73. The molecule has 160 valence electrons. The Balaban J connectivity index is 0.00000119. The largest absolute Gasteiger partial charge is 0.310 e. The molecular formula is C30H28BrN. The molecule has 0 spiro atoms. The number of hydrogen-bond acceptors (Lipinski definition) is 1. The Bertz CT molecular complexity index is 1360. The molecule has 0 amide bonds. The molecule has 0 saturated carbocycles. The van der Waals surface area contributed by atoms with Crippen LogP contribution in [0, 0.1) is 6.92 Å². The van der Waals surface area contributed by atoms with E-state index in [4.69, 9.17) is 0 Å². The van der Waals surface area contributed by atoms with E-state index in [2.05, 4.69) is 132 Å². The molecule has 0 aromatic heterocycles. The summed E-state index contributed by atoms with van der Waals surface area (Å²) in [5.41, 5.74) is 4.79. The van der Waals surface area contributed by atoms with Gasteiger partial charge in [0.05, 0.1) is 5.69 Å². The fourth-order valence-electron chi connectivity index (χ4n) is 4.37. The third-order valence-electron chi connectivity index (χ3n) is 5.74. The van der Waals surface area contributed by atoms with E-state index in [1.165, 1.54) is 38.0 Å². The number of halogens is 1. The summed E-state index contributed by atoms with van der Waals surface area (Å²) in [5, 5.41) is 6.43. The van der Waals surface area contributed by atoms with E-state index in [-0.39, 0.29) is 0 Å². The lowest BCUT2D eigenvalue weighted by molar-refractivity contribution is 1.30. The van der Waals surface area contributed by atoms with E-state index in [9.17, 15) is 0 Å². The number of para-hydroxylation sites is 2. The SMILES string of the molecule is C/C(Br)=c1/ccc2ccc(N(c3ccccc3)c3ccccc3)c3ccc(C)c1c23.CC. The van der Waals surface area contributed by atoms with Gasteiger partial charge in [0, 0.05) is 16.8 Å². The zero-order valence-electron chi connectivity index (χ0n) is 19.1. The molecule has 2 heteroatoms. The predicted octanol–water partition coefficient (Wildman–Crippen LogP) is 9.04. The van der Waals surface area contributed by atoms with Crippen LogP contribution in [0.1, 0.15) is 26.3 Å². The van der Waals surface area contributed by atoms with Gasteiger partial charge in [-0.2, -0.15) is 0 Å². The van der Waals surface area contributed by atoms with Crippen LogP contribution in [0.3, 0.4) is 0 Å². The van der Waals surface area contributed by atoms with Crippen molar-refractivity contribution >= 4 is 59.0 Å². The van der Waals surface area contributed by atoms with Gasteiger partial charge in [-0.1, -0.05) is 96.5 Å². The highest BCUT2D eigenvalue weighted by Crippen LogP contribution is 2.41. The number of anilines is 3. The molecule has 0 aliphatic carbocycles. The molecule has 0 aliphatic heterocycles. The minimum atomic E-state index is 1.15. The van der Waals surface area contributed by atoms with Crippen LogP contribution >= 0.6 is 15.9 Å². The molecule has 0 atom stereocenters. The van der Waals surface area contributed by atoms with Crippen LogP contribution in [0.25, 0.3) is 26.0 Å². The van der Waals surface area contributed by atoms with Gasteiger partial charge in [0.1, 0.15) is 0 Å². The Morgan fingerprint density at radius 1 is 0.656 bits per heavy atom. The van der Waals surface area contributed by atoms with Crippen LogP contribution in [0.5, 0.6) is 0 Å². The monoisotopic (exact) mass is 481 g/mol. The van der Waals surface area contributed by atoms with Gasteiger partial charge < -0.3 is 4.90 Å². The van der Waals surface area contributed by atoms with Crippen molar-refractivity contribution in [3.05, 3.63) is 108 Å². The third kappa shape index (κ3) is 3.91. The Morgan fingerprint density at radius 2 is 1.22 bits per heavy atom. The second-order valence-corrected chi connectivity index (χ2v) is 8.83. The maximum atomic E-state index is 3.73. The molecule has 0 saturated heterocycles. The lowest BCUT2D eigenvalue weighted by Crippen LogP contribution is -2.11. The summed E-state index contributed by atoms with van der Waals surface area (Å²) in [6.07, 6.45) is 0. The van der Waals surface area contributed by atoms with E-state index in [0.717, 1.165) is 15.9 Å². The topological polar surface area (TPSA) is 3.24 Å². The summed E-state index contributed by atoms with van der Waals surface area (Å²) < 4.78 is 1.16. The maximum Gasteiger partial charge on any atom is 0.0540 e. The predicted molar refractivity (Wildman–Crippen MR) is 145 cm³/mol. The van der Waals surface area contributed by atoms with E-state index in [1.54, 1.807) is 0 Å². The van der Waals surface area contributed by atoms with Crippen LogP contribution in [-0.2, 0) is 0 Å². The Hall–Kier alpha value is -3.10. The quantitative estimate of drug-likeness (QED) is 0.248. The number of benzene rings is 5. The van der Waals surface area contributed by atoms with Crippen molar-refractivity contribution in [2.45, 2.75) is 27.7 Å². The highest BCUT2D eigenvalue weighted by molar-refractivity contribution is 9.14. The molecule has 5 rings (SSSR count). The minimum Gasteiger partial charge on any atom is -0.310 e. The fourth-order valence-corrected chi connectivity index (χ4v) is 4.70. The normalized spacial score (nSPS) is 11.8. The second kappa shape index (κ2) is 9.58. The van der Waals surface area contributed by atoms with E-state index in [0.29, 0.717) is 0 Å². The number of hydrogen-bond donors (Lipinski definition) is 0. The van der Waals surface area contributed by atoms with Crippen LogP contribution in [0.4, 0.5) is 17.1 Å². The highest BCUT2D eigenvalue weighted by Gasteiger charge is 2.17. The molecule has 1 nitrogen and oxygen atoms in total. The zero-order chi connectivity index (χ0) is 22.7. The van der Waals surface area contributed by atoms with Crippen LogP contribution in [0.2, 0.25) is 0 Å². The highest BCUT2D eigenvalue weighted by atomic mass is 79.9. The summed E-state index contributed by atoms with van der Waals surface area (Å²) in [6, 6.07) is 34.6. The molecule has 5 aromatic carbocycles. The van der Waals surface area contributed by atoms with E-state index >= 15 is 0 Å². The molecule has 0 unspecified atom stereocenters.